The van der Waals surface area contributed by atoms with Crippen LogP contribution in [0.1, 0.15) is 34.6 Å². The summed E-state index contributed by atoms with van der Waals surface area (Å²) in [5.41, 5.74) is -1.44. The number of alkyl halides is 3. The van der Waals surface area contributed by atoms with Gasteiger partial charge in [0.25, 0.3) is 5.91 Å². The number of carbonyl (C=O) groups excluding carboxylic acids is 1. The van der Waals surface area contributed by atoms with Crippen molar-refractivity contribution in [2.45, 2.75) is 24.0 Å². The number of nitrogens with zero attached hydrogens (tertiary/aromatic N) is 5. The second-order valence-electron chi connectivity index (χ2n) is 6.29. The zero-order valence-corrected chi connectivity index (χ0v) is 16.4. The summed E-state index contributed by atoms with van der Waals surface area (Å²) in [5, 5.41) is 10.4. The van der Waals surface area contributed by atoms with E-state index in [-0.39, 0.29) is 11.5 Å². The van der Waals surface area contributed by atoms with Gasteiger partial charge in [-0.3, -0.25) is 9.78 Å². The maximum Gasteiger partial charge on any atom is 0.416 e. The Morgan fingerprint density at radius 2 is 1.70 bits per heavy atom. The maximum atomic E-state index is 13.2. The van der Waals surface area contributed by atoms with Gasteiger partial charge in [-0.1, -0.05) is 0 Å². The van der Waals surface area contributed by atoms with Gasteiger partial charge >= 0.3 is 6.18 Å². The van der Waals surface area contributed by atoms with Crippen molar-refractivity contribution in [3.63, 3.8) is 0 Å². The summed E-state index contributed by atoms with van der Waals surface area (Å²) in [4.78, 5) is 21.4. The van der Waals surface area contributed by atoms with Crippen LogP contribution < -0.4 is 5.32 Å². The lowest BCUT2D eigenvalue weighted by Gasteiger charge is -2.17. The molecule has 0 radical (unpaired) electrons. The van der Waals surface area contributed by atoms with Crippen LogP contribution in [0.3, 0.4) is 0 Å². The van der Waals surface area contributed by atoms with Crippen LogP contribution in [0, 0.1) is 0 Å². The third-order valence-corrected chi connectivity index (χ3v) is 5.09. The number of hydrogen-bond donors (Lipinski definition) is 1. The minimum atomic E-state index is -4.83. The van der Waals surface area contributed by atoms with Crippen LogP contribution in [0.25, 0.3) is 5.82 Å². The number of benzene rings is 1. The highest BCUT2D eigenvalue weighted by molar-refractivity contribution is 7.90. The summed E-state index contributed by atoms with van der Waals surface area (Å²) in [5.74, 6) is -0.695. The smallest absolute Gasteiger partial charge is 0.344 e. The topological polar surface area (TPSA) is 120 Å². The van der Waals surface area contributed by atoms with E-state index in [1.54, 1.807) is 6.92 Å². The fraction of sp³-hybridized carbons (Fsp3) is 0.235. The molecule has 3 aromatic rings. The van der Waals surface area contributed by atoms with E-state index in [0.29, 0.717) is 12.1 Å². The lowest BCUT2D eigenvalue weighted by atomic mass is 10.1. The zero-order valence-electron chi connectivity index (χ0n) is 15.6. The molecule has 1 aromatic carbocycles. The highest BCUT2D eigenvalue weighted by Gasteiger charge is 2.33. The monoisotopic (exact) mass is 440 g/mol. The van der Waals surface area contributed by atoms with Gasteiger partial charge in [0.1, 0.15) is 5.69 Å². The normalized spacial score (nSPS) is 13.1. The number of rotatable bonds is 5. The summed E-state index contributed by atoms with van der Waals surface area (Å²) >= 11 is 0. The summed E-state index contributed by atoms with van der Waals surface area (Å²) in [6.45, 7) is 1.54. The molecule has 13 heteroatoms. The van der Waals surface area contributed by atoms with Crippen molar-refractivity contribution < 1.29 is 26.4 Å². The van der Waals surface area contributed by atoms with E-state index in [9.17, 15) is 26.4 Å². The van der Waals surface area contributed by atoms with Crippen LogP contribution in [-0.2, 0) is 16.0 Å². The van der Waals surface area contributed by atoms with Crippen molar-refractivity contribution >= 4 is 15.7 Å². The van der Waals surface area contributed by atoms with Crippen LogP contribution in [0.15, 0.2) is 47.9 Å². The molecule has 0 bridgehead atoms. The first-order chi connectivity index (χ1) is 14.0. The maximum absolute atomic E-state index is 13.2. The van der Waals surface area contributed by atoms with E-state index in [1.165, 1.54) is 29.6 Å². The summed E-state index contributed by atoms with van der Waals surface area (Å²) in [6.07, 6.45) is 1.52. The van der Waals surface area contributed by atoms with E-state index < -0.39 is 44.0 Å². The van der Waals surface area contributed by atoms with Gasteiger partial charge in [-0.15, -0.1) is 4.80 Å². The number of hydrogen-bond acceptors (Lipinski definition) is 7. The molecule has 0 spiro atoms. The predicted molar refractivity (Wildman–Crippen MR) is 97.4 cm³/mol. The van der Waals surface area contributed by atoms with Gasteiger partial charge in [0.05, 0.1) is 28.9 Å². The Labute approximate surface area is 168 Å². The second-order valence-corrected chi connectivity index (χ2v) is 8.31. The summed E-state index contributed by atoms with van der Waals surface area (Å²) in [6, 6.07) is 1.16. The van der Waals surface area contributed by atoms with Gasteiger partial charge in [0.15, 0.2) is 15.7 Å². The van der Waals surface area contributed by atoms with Crippen LogP contribution in [0.2, 0.25) is 0 Å². The standard InChI is InChI=1S/C17H15F3N6O3S/c1-10(14-15(22-4-3-21-14)26-23-5-6-24-26)25-16(27)11-7-12(17(18,19)20)9-13(8-11)30(2,28)29/h3-10H,1-2H3,(H,25,27). The zero-order chi connectivity index (χ0) is 22.1. The summed E-state index contributed by atoms with van der Waals surface area (Å²) < 4.78 is 63.1. The molecular formula is C17H15F3N6O3S. The average molecular weight is 440 g/mol. The predicted octanol–water partition coefficient (Wildman–Crippen LogP) is 1.97. The molecule has 0 aliphatic heterocycles. The molecule has 0 aliphatic rings. The Morgan fingerprint density at radius 1 is 1.07 bits per heavy atom. The van der Waals surface area contributed by atoms with Crippen molar-refractivity contribution in [2.24, 2.45) is 0 Å². The van der Waals surface area contributed by atoms with E-state index in [1.807, 2.05) is 0 Å². The summed E-state index contributed by atoms with van der Waals surface area (Å²) in [7, 11) is -3.98. The Balaban J connectivity index is 1.95. The average Bonchev–Trinajstić information content (AvgIpc) is 3.21. The third-order valence-electron chi connectivity index (χ3n) is 4.00. The van der Waals surface area contributed by atoms with Gasteiger partial charge in [-0.05, 0) is 25.1 Å². The van der Waals surface area contributed by atoms with Gasteiger partial charge in [0, 0.05) is 24.2 Å². The molecule has 0 saturated heterocycles. The van der Waals surface area contributed by atoms with Crippen LogP contribution >= 0.6 is 0 Å². The molecule has 2 aromatic heterocycles. The van der Waals surface area contributed by atoms with Gasteiger partial charge in [-0.2, -0.15) is 23.4 Å². The molecule has 9 nitrogen and oxygen atoms in total. The Morgan fingerprint density at radius 3 is 2.30 bits per heavy atom. The van der Waals surface area contributed by atoms with Gasteiger partial charge < -0.3 is 5.32 Å². The third kappa shape index (κ3) is 4.62. The lowest BCUT2D eigenvalue weighted by Crippen LogP contribution is -2.29. The van der Waals surface area contributed by atoms with Crippen molar-refractivity contribution in [3.8, 4) is 5.82 Å². The van der Waals surface area contributed by atoms with Crippen molar-refractivity contribution in [1.82, 2.24) is 30.3 Å². The number of sulfone groups is 1. The highest BCUT2D eigenvalue weighted by Crippen LogP contribution is 2.32. The molecule has 0 fully saturated rings. The first kappa shape index (κ1) is 21.4. The number of aromatic nitrogens is 5. The van der Waals surface area contributed by atoms with Crippen molar-refractivity contribution in [2.75, 3.05) is 6.26 Å². The quantitative estimate of drug-likeness (QED) is 0.644. The van der Waals surface area contributed by atoms with E-state index in [0.717, 1.165) is 12.3 Å². The lowest BCUT2D eigenvalue weighted by molar-refractivity contribution is -0.137. The number of nitrogens with one attached hydrogen (secondary N) is 1. The molecule has 1 amide bonds. The minimum absolute atomic E-state index is 0.219. The largest absolute Gasteiger partial charge is 0.416 e. The Bertz CT molecular complexity index is 1180. The molecule has 1 atom stereocenters. The Hall–Kier alpha value is -3.35. The van der Waals surface area contributed by atoms with Crippen LogP contribution in [0.4, 0.5) is 13.2 Å². The molecule has 0 aliphatic carbocycles. The fourth-order valence-corrected chi connectivity index (χ4v) is 3.26. The van der Waals surface area contributed by atoms with Crippen LogP contribution in [0.5, 0.6) is 0 Å². The van der Waals surface area contributed by atoms with Gasteiger partial charge in [0.2, 0.25) is 0 Å². The van der Waals surface area contributed by atoms with Crippen molar-refractivity contribution in [1.29, 1.82) is 0 Å². The highest BCUT2D eigenvalue weighted by atomic mass is 32.2. The number of amides is 1. The molecule has 3 rings (SSSR count). The SMILES string of the molecule is CC(NC(=O)c1cc(C(F)(F)F)cc(S(C)(=O)=O)c1)c1nccnc1-n1nccn1. The Kier molecular flexibility index (Phi) is 5.57. The number of carbonyl (C=O) groups is 1. The van der Waals surface area contributed by atoms with E-state index >= 15 is 0 Å². The fourth-order valence-electron chi connectivity index (χ4n) is 2.58. The molecule has 30 heavy (non-hydrogen) atoms. The first-order valence-electron chi connectivity index (χ1n) is 8.37. The molecule has 0 saturated carbocycles. The molecule has 158 valence electrons. The van der Waals surface area contributed by atoms with Gasteiger partial charge in [-0.25, -0.2) is 13.4 Å². The van der Waals surface area contributed by atoms with Crippen molar-refractivity contribution in [3.05, 3.63) is 59.8 Å². The molecule has 2 heterocycles. The number of halogens is 3. The van der Waals surface area contributed by atoms with E-state index in [2.05, 4.69) is 25.5 Å². The van der Waals surface area contributed by atoms with Crippen LogP contribution in [-0.4, -0.2) is 45.5 Å². The molecular weight excluding hydrogens is 425 g/mol. The molecule has 1 N–H and O–H groups in total. The first-order valence-corrected chi connectivity index (χ1v) is 10.3. The molecule has 1 unspecified atom stereocenters. The minimum Gasteiger partial charge on any atom is -0.344 e. The van der Waals surface area contributed by atoms with E-state index in [4.69, 9.17) is 0 Å². The second kappa shape index (κ2) is 7.82.